The van der Waals surface area contributed by atoms with Crippen LogP contribution in [0.5, 0.6) is 5.75 Å². The molecule has 1 aromatic rings. The molecule has 0 aromatic heterocycles. The number of hydrogen-bond donors (Lipinski definition) is 1. The predicted molar refractivity (Wildman–Crippen MR) is 56.8 cm³/mol. The van der Waals surface area contributed by atoms with E-state index in [0.717, 1.165) is 17.4 Å². The third-order valence-electron chi connectivity index (χ3n) is 1.53. The Morgan fingerprint density at radius 3 is 2.36 bits per heavy atom. The number of rotatable bonds is 3. The van der Waals surface area contributed by atoms with Crippen molar-refractivity contribution in [3.05, 3.63) is 35.9 Å². The quantitative estimate of drug-likeness (QED) is 0.590. The molecule has 0 atom stereocenters. The van der Waals surface area contributed by atoms with Gasteiger partial charge in [-0.3, -0.25) is 0 Å². The number of carboxylic acids is 1. The molecule has 70 valence electrons. The molecule has 3 nitrogen and oxygen atoms in total. The van der Waals surface area contributed by atoms with E-state index in [0.29, 0.717) is 0 Å². The Kier molecular flexibility index (Phi) is 6.28. The molecular formula is C10H11NaO3. The number of hydrogen-bond acceptors (Lipinski definition) is 2. The first-order valence-corrected chi connectivity index (χ1v) is 3.77. The summed E-state index contributed by atoms with van der Waals surface area (Å²) in [5.41, 5.74) is 0.836. The van der Waals surface area contributed by atoms with Gasteiger partial charge in [-0.2, -0.15) is 0 Å². The number of methoxy groups -OCH3 is 1. The minimum atomic E-state index is -0.948. The average molecular weight is 202 g/mol. The van der Waals surface area contributed by atoms with Gasteiger partial charge in [0.15, 0.2) is 0 Å². The maximum absolute atomic E-state index is 10.2. The summed E-state index contributed by atoms with van der Waals surface area (Å²) in [6, 6.07) is 7.14. The van der Waals surface area contributed by atoms with Crippen LogP contribution in [-0.2, 0) is 4.79 Å². The predicted octanol–water partition coefficient (Wildman–Crippen LogP) is 1.14. The Hall–Kier alpha value is -0.770. The summed E-state index contributed by atoms with van der Waals surface area (Å²) in [6.07, 6.45) is 2.63. The van der Waals surface area contributed by atoms with E-state index in [4.69, 9.17) is 9.84 Å². The van der Waals surface area contributed by atoms with E-state index in [2.05, 4.69) is 0 Å². The fraction of sp³-hybridized carbons (Fsp3) is 0.100. The molecular weight excluding hydrogens is 191 g/mol. The standard InChI is InChI=1S/C10H10O3.Na.H/c1-13-9-5-2-8(3-6-9)4-7-10(11)12;;/h2-7H,1H3,(H,11,12);;. The van der Waals surface area contributed by atoms with Crippen LogP contribution in [0.3, 0.4) is 0 Å². The van der Waals surface area contributed by atoms with Gasteiger partial charge in [0.1, 0.15) is 5.75 Å². The molecule has 0 saturated heterocycles. The molecule has 0 unspecified atom stereocenters. The van der Waals surface area contributed by atoms with E-state index in [-0.39, 0.29) is 29.6 Å². The van der Waals surface area contributed by atoms with Crippen LogP contribution in [0.4, 0.5) is 0 Å². The fourth-order valence-corrected chi connectivity index (χ4v) is 0.883. The topological polar surface area (TPSA) is 46.5 Å². The van der Waals surface area contributed by atoms with Crippen molar-refractivity contribution < 1.29 is 14.6 Å². The van der Waals surface area contributed by atoms with Crippen molar-refractivity contribution in [1.82, 2.24) is 0 Å². The molecule has 0 bridgehead atoms. The van der Waals surface area contributed by atoms with Gasteiger partial charge in [-0.25, -0.2) is 4.79 Å². The molecule has 0 fully saturated rings. The summed E-state index contributed by atoms with van der Waals surface area (Å²) in [4.78, 5) is 10.2. The molecule has 0 spiro atoms. The van der Waals surface area contributed by atoms with Crippen molar-refractivity contribution in [2.24, 2.45) is 0 Å². The molecule has 1 rings (SSSR count). The molecule has 0 heterocycles. The number of ether oxygens (including phenoxy) is 1. The van der Waals surface area contributed by atoms with Gasteiger partial charge in [-0.15, -0.1) is 0 Å². The van der Waals surface area contributed by atoms with Gasteiger partial charge < -0.3 is 9.84 Å². The maximum atomic E-state index is 10.2. The first-order chi connectivity index (χ1) is 6.22. The van der Waals surface area contributed by atoms with Gasteiger partial charge >= 0.3 is 35.5 Å². The number of aliphatic carboxylic acids is 1. The molecule has 0 aliphatic rings. The normalized spacial score (nSPS) is 9.50. The second-order valence-electron chi connectivity index (χ2n) is 2.44. The van der Waals surface area contributed by atoms with Crippen LogP contribution in [0.2, 0.25) is 0 Å². The summed E-state index contributed by atoms with van der Waals surface area (Å²) in [7, 11) is 1.59. The van der Waals surface area contributed by atoms with E-state index in [1.54, 1.807) is 31.4 Å². The van der Waals surface area contributed by atoms with Gasteiger partial charge in [0.05, 0.1) is 7.11 Å². The van der Waals surface area contributed by atoms with Crippen LogP contribution in [0.15, 0.2) is 30.3 Å². The molecule has 0 saturated carbocycles. The van der Waals surface area contributed by atoms with Crippen molar-refractivity contribution in [2.45, 2.75) is 0 Å². The SMILES string of the molecule is COc1ccc(C=CC(=O)O)cc1.[NaH]. The van der Waals surface area contributed by atoms with Crippen molar-refractivity contribution in [3.8, 4) is 5.75 Å². The van der Waals surface area contributed by atoms with Gasteiger partial charge in [-0.05, 0) is 23.8 Å². The minimum absolute atomic E-state index is 0. The van der Waals surface area contributed by atoms with Crippen molar-refractivity contribution in [3.63, 3.8) is 0 Å². The third-order valence-corrected chi connectivity index (χ3v) is 1.53. The van der Waals surface area contributed by atoms with Crippen molar-refractivity contribution in [2.75, 3.05) is 7.11 Å². The van der Waals surface area contributed by atoms with Crippen LogP contribution < -0.4 is 4.74 Å². The second kappa shape index (κ2) is 6.65. The van der Waals surface area contributed by atoms with Crippen LogP contribution in [0.25, 0.3) is 6.08 Å². The average Bonchev–Trinajstić information content (AvgIpc) is 2.15. The van der Waals surface area contributed by atoms with Crippen LogP contribution >= 0.6 is 0 Å². The summed E-state index contributed by atoms with van der Waals surface area (Å²) in [5, 5.41) is 8.36. The molecule has 1 aromatic carbocycles. The zero-order valence-corrected chi connectivity index (χ0v) is 7.23. The molecule has 14 heavy (non-hydrogen) atoms. The molecule has 0 radical (unpaired) electrons. The Morgan fingerprint density at radius 1 is 1.36 bits per heavy atom. The first-order valence-electron chi connectivity index (χ1n) is 3.77. The molecule has 0 aliphatic carbocycles. The van der Waals surface area contributed by atoms with E-state index < -0.39 is 5.97 Å². The Bertz CT molecular complexity index is 317. The zero-order valence-electron chi connectivity index (χ0n) is 7.23. The Balaban J connectivity index is 0.00000169. The van der Waals surface area contributed by atoms with E-state index in [9.17, 15) is 4.79 Å². The van der Waals surface area contributed by atoms with Crippen molar-refractivity contribution in [1.29, 1.82) is 0 Å². The summed E-state index contributed by atoms with van der Waals surface area (Å²) < 4.78 is 4.95. The summed E-state index contributed by atoms with van der Waals surface area (Å²) in [6.45, 7) is 0. The monoisotopic (exact) mass is 202 g/mol. The van der Waals surface area contributed by atoms with Crippen LogP contribution in [0.1, 0.15) is 5.56 Å². The molecule has 0 aliphatic heterocycles. The summed E-state index contributed by atoms with van der Waals surface area (Å²) in [5.74, 6) is -0.191. The van der Waals surface area contributed by atoms with Crippen LogP contribution in [0, 0.1) is 0 Å². The van der Waals surface area contributed by atoms with Gasteiger partial charge in [-0.1, -0.05) is 12.1 Å². The number of carboxylic acid groups (broad SMARTS) is 1. The number of carbonyl (C=O) groups is 1. The molecule has 4 heteroatoms. The van der Waals surface area contributed by atoms with Crippen LogP contribution in [-0.4, -0.2) is 47.7 Å². The molecule has 0 amide bonds. The third kappa shape index (κ3) is 4.46. The van der Waals surface area contributed by atoms with Crippen molar-refractivity contribution >= 4 is 41.6 Å². The first kappa shape index (κ1) is 13.2. The second-order valence-corrected chi connectivity index (χ2v) is 2.44. The van der Waals surface area contributed by atoms with Gasteiger partial charge in [0.25, 0.3) is 0 Å². The number of benzene rings is 1. The molecule has 1 N–H and O–H groups in total. The summed E-state index contributed by atoms with van der Waals surface area (Å²) >= 11 is 0. The van der Waals surface area contributed by atoms with Gasteiger partial charge in [0, 0.05) is 6.08 Å². The fourth-order valence-electron chi connectivity index (χ4n) is 0.883. The van der Waals surface area contributed by atoms with E-state index >= 15 is 0 Å². The zero-order chi connectivity index (χ0) is 9.68. The van der Waals surface area contributed by atoms with E-state index in [1.807, 2.05) is 0 Å². The van der Waals surface area contributed by atoms with Gasteiger partial charge in [0.2, 0.25) is 0 Å². The van der Waals surface area contributed by atoms with E-state index in [1.165, 1.54) is 6.08 Å². The Labute approximate surface area is 105 Å². The Morgan fingerprint density at radius 2 is 1.93 bits per heavy atom.